The SMILES string of the molecule is CC(=O)Oc1ccc(C(=O)Nc2nnc(C)s2)cc1. The van der Waals surface area contributed by atoms with Gasteiger partial charge in [0.25, 0.3) is 5.91 Å². The lowest BCUT2D eigenvalue weighted by molar-refractivity contribution is -0.131. The number of nitrogens with zero attached hydrogens (tertiary/aromatic N) is 2. The Morgan fingerprint density at radius 1 is 1.21 bits per heavy atom. The summed E-state index contributed by atoms with van der Waals surface area (Å²) in [5, 5.41) is 11.5. The van der Waals surface area contributed by atoms with Crippen LogP contribution in [0.5, 0.6) is 5.75 Å². The molecule has 1 N–H and O–H groups in total. The zero-order valence-electron chi connectivity index (χ0n) is 10.3. The first-order valence-electron chi connectivity index (χ1n) is 5.44. The van der Waals surface area contributed by atoms with Gasteiger partial charge in [-0.05, 0) is 31.2 Å². The Hall–Kier alpha value is -2.28. The van der Waals surface area contributed by atoms with Crippen LogP contribution in [-0.2, 0) is 4.79 Å². The molecule has 0 spiro atoms. The molecule has 1 aromatic heterocycles. The molecule has 1 heterocycles. The van der Waals surface area contributed by atoms with E-state index in [0.717, 1.165) is 5.01 Å². The maximum absolute atomic E-state index is 11.9. The first kappa shape index (κ1) is 13.2. The Morgan fingerprint density at radius 3 is 2.42 bits per heavy atom. The first-order chi connectivity index (χ1) is 9.04. The number of benzene rings is 1. The van der Waals surface area contributed by atoms with Crippen molar-refractivity contribution in [3.63, 3.8) is 0 Å². The van der Waals surface area contributed by atoms with Crippen molar-refractivity contribution in [3.05, 3.63) is 34.8 Å². The number of ether oxygens (including phenoxy) is 1. The van der Waals surface area contributed by atoms with Gasteiger partial charge in [0, 0.05) is 12.5 Å². The van der Waals surface area contributed by atoms with Crippen LogP contribution in [0.2, 0.25) is 0 Å². The lowest BCUT2D eigenvalue weighted by Crippen LogP contribution is -2.11. The Balaban J connectivity index is 2.05. The molecule has 0 aliphatic carbocycles. The summed E-state index contributed by atoms with van der Waals surface area (Å²) in [6, 6.07) is 6.26. The molecule has 1 amide bonds. The second-order valence-corrected chi connectivity index (χ2v) is 4.88. The van der Waals surface area contributed by atoms with E-state index >= 15 is 0 Å². The highest BCUT2D eigenvalue weighted by atomic mass is 32.1. The average Bonchev–Trinajstić information content (AvgIpc) is 2.75. The number of carbonyl (C=O) groups is 2. The van der Waals surface area contributed by atoms with Crippen LogP contribution < -0.4 is 10.1 Å². The zero-order valence-corrected chi connectivity index (χ0v) is 11.2. The molecular formula is C12H11N3O3S. The van der Waals surface area contributed by atoms with Crippen molar-refractivity contribution in [1.82, 2.24) is 10.2 Å². The number of carbonyl (C=O) groups excluding carboxylic acids is 2. The van der Waals surface area contributed by atoms with Crippen molar-refractivity contribution in [3.8, 4) is 5.75 Å². The molecule has 0 saturated carbocycles. The predicted molar refractivity (Wildman–Crippen MR) is 70.4 cm³/mol. The molecule has 0 aliphatic heterocycles. The van der Waals surface area contributed by atoms with Gasteiger partial charge in [-0.2, -0.15) is 0 Å². The molecule has 0 aliphatic rings. The van der Waals surface area contributed by atoms with E-state index in [1.807, 2.05) is 0 Å². The standard InChI is InChI=1S/C12H11N3O3S/c1-7-14-15-12(19-7)13-11(17)9-3-5-10(6-4-9)18-8(2)16/h3-6H,1-2H3,(H,13,15,17). The number of aromatic nitrogens is 2. The highest BCUT2D eigenvalue weighted by Gasteiger charge is 2.09. The summed E-state index contributed by atoms with van der Waals surface area (Å²) < 4.78 is 4.88. The van der Waals surface area contributed by atoms with Gasteiger partial charge in [-0.25, -0.2) is 0 Å². The van der Waals surface area contributed by atoms with Crippen LogP contribution in [-0.4, -0.2) is 22.1 Å². The molecule has 1 aromatic carbocycles. The summed E-state index contributed by atoms with van der Waals surface area (Å²) in [6.07, 6.45) is 0. The highest BCUT2D eigenvalue weighted by molar-refractivity contribution is 7.15. The van der Waals surface area contributed by atoms with Crippen LogP contribution in [0.25, 0.3) is 0 Å². The van der Waals surface area contributed by atoms with E-state index in [4.69, 9.17) is 4.74 Å². The van der Waals surface area contributed by atoms with Crippen LogP contribution in [0.3, 0.4) is 0 Å². The normalized spacial score (nSPS) is 10.0. The van der Waals surface area contributed by atoms with Gasteiger partial charge in [0.1, 0.15) is 10.8 Å². The largest absolute Gasteiger partial charge is 0.427 e. The lowest BCUT2D eigenvalue weighted by atomic mass is 10.2. The molecule has 0 bridgehead atoms. The molecule has 0 saturated heterocycles. The van der Waals surface area contributed by atoms with Gasteiger partial charge in [-0.3, -0.25) is 14.9 Å². The van der Waals surface area contributed by atoms with Crippen LogP contribution in [0.1, 0.15) is 22.3 Å². The van der Waals surface area contributed by atoms with Gasteiger partial charge < -0.3 is 4.74 Å². The third kappa shape index (κ3) is 3.59. The zero-order chi connectivity index (χ0) is 13.8. The molecule has 98 valence electrons. The van der Waals surface area contributed by atoms with Gasteiger partial charge in [-0.15, -0.1) is 10.2 Å². The minimum Gasteiger partial charge on any atom is -0.427 e. The van der Waals surface area contributed by atoms with Crippen LogP contribution in [0.15, 0.2) is 24.3 Å². The second-order valence-electron chi connectivity index (χ2n) is 3.70. The van der Waals surface area contributed by atoms with Crippen molar-refractivity contribution in [2.45, 2.75) is 13.8 Å². The molecule has 2 rings (SSSR count). The molecule has 6 nitrogen and oxygen atoms in total. The molecule has 19 heavy (non-hydrogen) atoms. The summed E-state index contributed by atoms with van der Waals surface area (Å²) >= 11 is 1.30. The quantitative estimate of drug-likeness (QED) is 0.685. The number of nitrogens with one attached hydrogen (secondary N) is 1. The Morgan fingerprint density at radius 2 is 1.89 bits per heavy atom. The van der Waals surface area contributed by atoms with Crippen molar-refractivity contribution in [1.29, 1.82) is 0 Å². The van der Waals surface area contributed by atoms with Crippen LogP contribution >= 0.6 is 11.3 Å². The maximum Gasteiger partial charge on any atom is 0.308 e. The summed E-state index contributed by atoms with van der Waals surface area (Å²) in [6.45, 7) is 3.12. The first-order valence-corrected chi connectivity index (χ1v) is 6.26. The number of aryl methyl sites for hydroxylation is 1. The minimum atomic E-state index is -0.401. The van der Waals surface area contributed by atoms with Gasteiger partial charge in [0.2, 0.25) is 5.13 Å². The van der Waals surface area contributed by atoms with Gasteiger partial charge in [0.15, 0.2) is 0 Å². The highest BCUT2D eigenvalue weighted by Crippen LogP contribution is 2.16. The number of amides is 1. The van der Waals surface area contributed by atoms with Crippen molar-refractivity contribution < 1.29 is 14.3 Å². The average molecular weight is 277 g/mol. The fourth-order valence-corrected chi connectivity index (χ4v) is 1.94. The van der Waals surface area contributed by atoms with Crippen LogP contribution in [0, 0.1) is 6.92 Å². The van der Waals surface area contributed by atoms with Crippen LogP contribution in [0.4, 0.5) is 5.13 Å². The second kappa shape index (κ2) is 5.57. The number of hydrogen-bond acceptors (Lipinski definition) is 6. The molecule has 0 unspecified atom stereocenters. The van der Waals surface area contributed by atoms with Gasteiger partial charge in [-0.1, -0.05) is 11.3 Å². The number of esters is 1. The Kier molecular flexibility index (Phi) is 3.86. The number of hydrogen-bond donors (Lipinski definition) is 1. The number of anilines is 1. The summed E-state index contributed by atoms with van der Waals surface area (Å²) in [4.78, 5) is 22.6. The smallest absolute Gasteiger partial charge is 0.308 e. The van der Waals surface area contributed by atoms with Gasteiger partial charge in [0.05, 0.1) is 0 Å². The monoisotopic (exact) mass is 277 g/mol. The molecular weight excluding hydrogens is 266 g/mol. The lowest BCUT2D eigenvalue weighted by Gasteiger charge is -2.03. The summed E-state index contributed by atoms with van der Waals surface area (Å²) in [7, 11) is 0. The molecule has 2 aromatic rings. The summed E-state index contributed by atoms with van der Waals surface area (Å²) in [5.41, 5.74) is 0.448. The fourth-order valence-electron chi connectivity index (χ4n) is 1.36. The van der Waals surface area contributed by atoms with E-state index in [1.165, 1.54) is 18.3 Å². The van der Waals surface area contributed by atoms with Crippen molar-refractivity contribution >= 4 is 28.3 Å². The van der Waals surface area contributed by atoms with E-state index in [2.05, 4.69) is 15.5 Å². The van der Waals surface area contributed by atoms with E-state index in [9.17, 15) is 9.59 Å². The molecule has 0 fully saturated rings. The van der Waals surface area contributed by atoms with E-state index in [0.29, 0.717) is 16.4 Å². The Labute approximate surface area is 113 Å². The molecule has 7 heteroatoms. The van der Waals surface area contributed by atoms with Crippen molar-refractivity contribution in [2.24, 2.45) is 0 Å². The van der Waals surface area contributed by atoms with E-state index < -0.39 is 5.97 Å². The van der Waals surface area contributed by atoms with E-state index in [-0.39, 0.29) is 5.91 Å². The molecule has 0 atom stereocenters. The van der Waals surface area contributed by atoms with E-state index in [1.54, 1.807) is 31.2 Å². The topological polar surface area (TPSA) is 81.2 Å². The minimum absolute atomic E-state index is 0.287. The predicted octanol–water partition coefficient (Wildman–Crippen LogP) is 2.02. The summed E-state index contributed by atoms with van der Waals surface area (Å²) in [5.74, 6) is -0.289. The number of rotatable bonds is 3. The third-order valence-corrected chi connectivity index (χ3v) is 2.88. The fraction of sp³-hybridized carbons (Fsp3) is 0.167. The Bertz CT molecular complexity index is 607. The molecule has 0 radical (unpaired) electrons. The van der Waals surface area contributed by atoms with Gasteiger partial charge >= 0.3 is 5.97 Å². The maximum atomic E-state index is 11.9. The third-order valence-electron chi connectivity index (χ3n) is 2.12. The van der Waals surface area contributed by atoms with Crippen molar-refractivity contribution in [2.75, 3.05) is 5.32 Å².